The molecule has 4 aromatic rings. The molecule has 0 bridgehead atoms. The van der Waals surface area contributed by atoms with Crippen molar-refractivity contribution in [3.8, 4) is 28.7 Å². The van der Waals surface area contributed by atoms with Crippen LogP contribution in [0.15, 0.2) is 103 Å². The molecule has 23 nitrogen and oxygen atoms in total. The highest BCUT2D eigenvalue weighted by Crippen LogP contribution is 2.28. The standard InChI is InChI=1S/C55H63N7O16/c1-27-25-62-44(45(27)68)53(76)60-51(74)40(67)24-38(56-48(71)35-17-15-33(16-18-35)32-13-11-31(12-14-32)10-9-30-7-5-4-6-8-30)49(72)57-41(28(2)63)54(77)61-26-37(66)23-39(61)50(73)59-43(52(75)58-42(29(3)64)55(62)78)47(70)46(69)34-19-21-36(65)22-20-34/h4-8,11-22,27-29,37-47,51,63-70,74H,23-26H2,1-3H3,(H,56,71)(H,57,72)(H,58,75)(H,59,73)(H,60,76)/t27-,28+,29+,37+,38-,39-,40+,41-,42-,43-,44-,45-,46-,47-,51+/m0/s1. The molecule has 0 saturated carbocycles. The molecule has 4 aromatic carbocycles. The minimum Gasteiger partial charge on any atom is -0.508 e. The highest BCUT2D eigenvalue weighted by atomic mass is 16.3. The third-order valence-electron chi connectivity index (χ3n) is 14.0. The van der Waals surface area contributed by atoms with Gasteiger partial charge in [0.1, 0.15) is 60.3 Å². The zero-order chi connectivity index (χ0) is 56.7. The van der Waals surface area contributed by atoms with Crippen LogP contribution in [0.25, 0.3) is 11.1 Å². The lowest BCUT2D eigenvalue weighted by Gasteiger charge is -2.34. The molecule has 14 N–H and O–H groups in total. The number of nitrogens with zero attached hydrogens (tertiary/aromatic N) is 2. The summed E-state index contributed by atoms with van der Waals surface area (Å²) in [6.07, 6.45) is -16.8. The second-order valence-electron chi connectivity index (χ2n) is 19.8. The minimum absolute atomic E-state index is 0.00207. The molecular formula is C55H63N7O16. The van der Waals surface area contributed by atoms with Crippen molar-refractivity contribution in [3.63, 3.8) is 0 Å². The highest BCUT2D eigenvalue weighted by Gasteiger charge is 2.50. The maximum atomic E-state index is 14.4. The van der Waals surface area contributed by atoms with Crippen LogP contribution in [-0.2, 0) is 28.8 Å². The summed E-state index contributed by atoms with van der Waals surface area (Å²) in [5, 5.41) is 111. The fraction of sp³-hybridized carbons (Fsp3) is 0.400. The van der Waals surface area contributed by atoms with Crippen LogP contribution >= 0.6 is 0 Å². The minimum atomic E-state index is -2.29. The Morgan fingerprint density at radius 1 is 0.615 bits per heavy atom. The summed E-state index contributed by atoms with van der Waals surface area (Å²) in [6.45, 7) is 2.69. The number of carbonyl (C=O) groups excluding carboxylic acids is 7. The lowest BCUT2D eigenvalue weighted by atomic mass is 9.96. The zero-order valence-electron chi connectivity index (χ0n) is 42.6. The molecule has 3 aliphatic heterocycles. The van der Waals surface area contributed by atoms with Crippen LogP contribution < -0.4 is 26.6 Å². The van der Waals surface area contributed by atoms with Gasteiger partial charge < -0.3 is 82.3 Å². The third-order valence-corrected chi connectivity index (χ3v) is 14.0. The predicted octanol–water partition coefficient (Wildman–Crippen LogP) is -2.76. The van der Waals surface area contributed by atoms with Crippen LogP contribution in [0.4, 0.5) is 0 Å². The molecule has 0 unspecified atom stereocenters. The number of amides is 7. The topological polar surface area (TPSA) is 368 Å². The van der Waals surface area contributed by atoms with Crippen LogP contribution in [0.2, 0.25) is 0 Å². The van der Waals surface area contributed by atoms with Gasteiger partial charge >= 0.3 is 0 Å². The molecule has 78 heavy (non-hydrogen) atoms. The van der Waals surface area contributed by atoms with Crippen molar-refractivity contribution in [2.75, 3.05) is 13.1 Å². The number of hydrogen-bond acceptors (Lipinski definition) is 16. The molecule has 0 aromatic heterocycles. The smallest absolute Gasteiger partial charge is 0.251 e. The molecule has 7 rings (SSSR count). The van der Waals surface area contributed by atoms with Crippen LogP contribution in [0.5, 0.6) is 5.75 Å². The number of phenolic OH excluding ortho intramolecular Hbond substituents is 1. The summed E-state index contributed by atoms with van der Waals surface area (Å²) < 4.78 is 0. The van der Waals surface area contributed by atoms with Crippen molar-refractivity contribution in [3.05, 3.63) is 125 Å². The Balaban J connectivity index is 1.21. The number of aromatic hydroxyl groups is 1. The van der Waals surface area contributed by atoms with Crippen molar-refractivity contribution < 1.29 is 79.5 Å². The molecule has 0 radical (unpaired) electrons. The third kappa shape index (κ3) is 13.5. The van der Waals surface area contributed by atoms with Crippen molar-refractivity contribution in [1.82, 2.24) is 36.4 Å². The molecular weight excluding hydrogens is 1010 g/mol. The predicted molar refractivity (Wildman–Crippen MR) is 275 cm³/mol. The molecule has 15 atom stereocenters. The number of aliphatic hydroxyl groups excluding tert-OH is 8. The van der Waals surface area contributed by atoms with Gasteiger partial charge in [0.05, 0.1) is 24.4 Å². The van der Waals surface area contributed by atoms with Crippen LogP contribution in [0.3, 0.4) is 0 Å². The average Bonchev–Trinajstić information content (AvgIpc) is 3.97. The van der Waals surface area contributed by atoms with Gasteiger partial charge in [-0.25, -0.2) is 0 Å². The Morgan fingerprint density at radius 3 is 1.74 bits per heavy atom. The zero-order valence-corrected chi connectivity index (χ0v) is 42.6. The van der Waals surface area contributed by atoms with Gasteiger partial charge in [0.15, 0.2) is 6.23 Å². The number of carbonyl (C=O) groups is 7. The van der Waals surface area contributed by atoms with E-state index >= 15 is 0 Å². The largest absolute Gasteiger partial charge is 0.508 e. The van der Waals surface area contributed by atoms with E-state index in [1.165, 1.54) is 31.2 Å². The van der Waals surface area contributed by atoms with Gasteiger partial charge in [0.25, 0.3) is 5.91 Å². The molecule has 3 aliphatic rings. The first kappa shape index (κ1) is 57.9. The first-order valence-corrected chi connectivity index (χ1v) is 25.2. The summed E-state index contributed by atoms with van der Waals surface area (Å²) in [7, 11) is 0. The van der Waals surface area contributed by atoms with Gasteiger partial charge in [-0.15, -0.1) is 0 Å². The average molecular weight is 1080 g/mol. The first-order chi connectivity index (χ1) is 37.0. The van der Waals surface area contributed by atoms with Crippen LogP contribution in [0, 0.1) is 17.8 Å². The molecule has 7 amide bonds. The molecule has 3 saturated heterocycles. The number of nitrogens with one attached hydrogen (secondary N) is 5. The van der Waals surface area contributed by atoms with E-state index in [9.17, 15) is 79.5 Å². The Labute approximate surface area is 447 Å². The van der Waals surface area contributed by atoms with Gasteiger partial charge in [0, 0.05) is 48.5 Å². The quantitative estimate of drug-likeness (QED) is 0.0795. The number of rotatable bonds is 8. The van der Waals surface area contributed by atoms with E-state index in [4.69, 9.17) is 0 Å². The first-order valence-electron chi connectivity index (χ1n) is 25.2. The van der Waals surface area contributed by atoms with Crippen molar-refractivity contribution in [2.24, 2.45) is 5.92 Å². The van der Waals surface area contributed by atoms with Crippen molar-refractivity contribution >= 4 is 41.4 Å². The van der Waals surface area contributed by atoms with Gasteiger partial charge in [-0.2, -0.15) is 0 Å². The lowest BCUT2D eigenvalue weighted by molar-refractivity contribution is -0.148. The van der Waals surface area contributed by atoms with Crippen LogP contribution in [-0.4, -0.2) is 189 Å². The monoisotopic (exact) mass is 1080 g/mol. The lowest BCUT2D eigenvalue weighted by Crippen LogP contribution is -2.64. The van der Waals surface area contributed by atoms with E-state index in [1.54, 1.807) is 12.1 Å². The second kappa shape index (κ2) is 25.1. The molecule has 414 valence electrons. The van der Waals surface area contributed by atoms with Gasteiger partial charge in [0.2, 0.25) is 35.4 Å². The SMILES string of the molecule is C[C@@H](O)[C@@H]1NC(=O)[C@H]([C@H](O)[C@@H](O)c2ccc(O)cc2)NC(=O)[C@@H]2C[C@@H](O)CN2C(=O)[C@H]([C@@H](C)O)NC(=O)[C@@H](NC(=O)c2ccc(-c3ccc(C#Cc4ccccc4)cc3)cc2)C[C@@H](O)[C@@H](O)NC(=O)[C@@H]2[C@@H](O)[C@@H](C)CN2C1=O. The summed E-state index contributed by atoms with van der Waals surface area (Å²) >= 11 is 0. The van der Waals surface area contributed by atoms with E-state index in [0.29, 0.717) is 5.56 Å². The number of benzene rings is 4. The summed E-state index contributed by atoms with van der Waals surface area (Å²) in [6, 6.07) is 16.0. The Bertz CT molecular complexity index is 2880. The number of aliphatic hydroxyl groups is 8. The Hall–Kier alpha value is -7.79. The van der Waals surface area contributed by atoms with Gasteiger partial charge in [-0.05, 0) is 79.1 Å². The molecule has 0 aliphatic carbocycles. The number of hydrogen-bond donors (Lipinski definition) is 14. The number of fused-ring (bicyclic) bond motifs is 2. The normalized spacial score (nSPS) is 28.2. The van der Waals surface area contributed by atoms with Crippen LogP contribution in [0.1, 0.15) is 66.8 Å². The van der Waals surface area contributed by atoms with Crippen molar-refractivity contribution in [1.29, 1.82) is 0 Å². The van der Waals surface area contributed by atoms with Gasteiger partial charge in [-0.3, -0.25) is 33.6 Å². The van der Waals surface area contributed by atoms with E-state index in [1.807, 2.05) is 54.6 Å². The van der Waals surface area contributed by atoms with Crippen molar-refractivity contribution in [2.45, 2.75) is 119 Å². The fourth-order valence-electron chi connectivity index (χ4n) is 9.49. The van der Waals surface area contributed by atoms with E-state index in [-0.39, 0.29) is 23.4 Å². The summed E-state index contributed by atoms with van der Waals surface area (Å²) in [4.78, 5) is 101. The summed E-state index contributed by atoms with van der Waals surface area (Å²) in [5.41, 5.74) is 3.00. The molecule has 3 heterocycles. The Morgan fingerprint density at radius 2 is 1.15 bits per heavy atom. The van der Waals surface area contributed by atoms with Gasteiger partial charge in [-0.1, -0.05) is 73.4 Å². The maximum absolute atomic E-state index is 14.4. The summed E-state index contributed by atoms with van der Waals surface area (Å²) in [5.74, 6) is -3.28. The molecule has 0 spiro atoms. The molecule has 3 fully saturated rings. The van der Waals surface area contributed by atoms with E-state index in [0.717, 1.165) is 52.5 Å². The Kier molecular flexibility index (Phi) is 18.7. The second-order valence-corrected chi connectivity index (χ2v) is 19.8. The maximum Gasteiger partial charge on any atom is 0.251 e. The van der Waals surface area contributed by atoms with E-state index in [2.05, 4.69) is 38.4 Å². The van der Waals surface area contributed by atoms with E-state index < -0.39 is 152 Å². The highest BCUT2D eigenvalue weighted by molar-refractivity contribution is 6.00. The fourth-order valence-corrected chi connectivity index (χ4v) is 9.49. The molecule has 23 heteroatoms. The number of phenols is 1.